The van der Waals surface area contributed by atoms with Gasteiger partial charge in [0.1, 0.15) is 5.69 Å². The van der Waals surface area contributed by atoms with Crippen molar-refractivity contribution in [3.05, 3.63) is 47.9 Å². The lowest BCUT2D eigenvalue weighted by Crippen LogP contribution is -2.01. The van der Waals surface area contributed by atoms with Crippen molar-refractivity contribution in [2.45, 2.75) is 6.54 Å². The Labute approximate surface area is 115 Å². The number of carbonyl (C=O) groups is 1. The molecule has 102 valence electrons. The highest BCUT2D eigenvalue weighted by atomic mass is 16.5. The third-order valence-electron chi connectivity index (χ3n) is 3.08. The first-order valence-corrected chi connectivity index (χ1v) is 6.19. The molecule has 0 aliphatic rings. The summed E-state index contributed by atoms with van der Waals surface area (Å²) in [6.07, 6.45) is 3.57. The molecule has 0 spiro atoms. The molecule has 0 unspecified atom stereocenters. The van der Waals surface area contributed by atoms with Crippen LogP contribution in [-0.4, -0.2) is 28.3 Å². The van der Waals surface area contributed by atoms with Gasteiger partial charge in [-0.1, -0.05) is 0 Å². The van der Waals surface area contributed by atoms with E-state index >= 15 is 0 Å². The molecular formula is C14H14N4O2. The summed E-state index contributed by atoms with van der Waals surface area (Å²) in [6.45, 7) is 0.622. The van der Waals surface area contributed by atoms with E-state index in [4.69, 9.17) is 0 Å². The van der Waals surface area contributed by atoms with E-state index in [0.29, 0.717) is 12.2 Å². The number of anilines is 1. The Balaban J connectivity index is 1.69. The molecule has 2 aromatic heterocycles. The van der Waals surface area contributed by atoms with E-state index in [2.05, 4.69) is 25.2 Å². The first kappa shape index (κ1) is 12.3. The van der Waals surface area contributed by atoms with Gasteiger partial charge < -0.3 is 15.0 Å². The van der Waals surface area contributed by atoms with E-state index in [1.165, 1.54) is 7.11 Å². The monoisotopic (exact) mass is 270 g/mol. The van der Waals surface area contributed by atoms with Crippen LogP contribution in [0.3, 0.4) is 0 Å². The van der Waals surface area contributed by atoms with Crippen molar-refractivity contribution in [1.82, 2.24) is 15.2 Å². The first-order chi connectivity index (χ1) is 9.76. The molecule has 6 nitrogen and oxygen atoms in total. The van der Waals surface area contributed by atoms with Crippen molar-refractivity contribution in [3.63, 3.8) is 0 Å². The SMILES string of the molecule is COC(=O)c1cc(CNc2ccc3[nH]ncc3c2)c[nH]1. The maximum atomic E-state index is 11.3. The molecule has 20 heavy (non-hydrogen) atoms. The van der Waals surface area contributed by atoms with Crippen LogP contribution >= 0.6 is 0 Å². The van der Waals surface area contributed by atoms with Gasteiger partial charge in [0.05, 0.1) is 18.8 Å². The second-order valence-electron chi connectivity index (χ2n) is 4.44. The Morgan fingerprint density at radius 2 is 2.30 bits per heavy atom. The quantitative estimate of drug-likeness (QED) is 0.635. The van der Waals surface area contributed by atoms with Crippen molar-refractivity contribution in [2.75, 3.05) is 12.4 Å². The molecule has 0 bridgehead atoms. The summed E-state index contributed by atoms with van der Waals surface area (Å²) in [7, 11) is 1.36. The Morgan fingerprint density at radius 1 is 1.40 bits per heavy atom. The fraction of sp³-hybridized carbons (Fsp3) is 0.143. The molecule has 0 radical (unpaired) electrons. The topological polar surface area (TPSA) is 82.8 Å². The predicted molar refractivity (Wildman–Crippen MR) is 75.6 cm³/mol. The van der Waals surface area contributed by atoms with Crippen LogP contribution in [0.4, 0.5) is 5.69 Å². The molecule has 0 amide bonds. The van der Waals surface area contributed by atoms with E-state index in [0.717, 1.165) is 22.2 Å². The second-order valence-corrected chi connectivity index (χ2v) is 4.44. The number of nitrogens with one attached hydrogen (secondary N) is 3. The Bertz CT molecular complexity index is 744. The van der Waals surface area contributed by atoms with E-state index in [9.17, 15) is 4.79 Å². The van der Waals surface area contributed by atoms with Crippen LogP contribution in [0.25, 0.3) is 10.9 Å². The highest BCUT2D eigenvalue weighted by molar-refractivity contribution is 5.87. The number of aromatic amines is 2. The average molecular weight is 270 g/mol. The highest BCUT2D eigenvalue weighted by Gasteiger charge is 2.08. The van der Waals surface area contributed by atoms with Crippen molar-refractivity contribution in [3.8, 4) is 0 Å². The van der Waals surface area contributed by atoms with Crippen molar-refractivity contribution >= 4 is 22.6 Å². The maximum Gasteiger partial charge on any atom is 0.354 e. The van der Waals surface area contributed by atoms with Crippen molar-refractivity contribution in [2.24, 2.45) is 0 Å². The number of aromatic nitrogens is 3. The number of carbonyl (C=O) groups excluding carboxylic acids is 1. The van der Waals surface area contributed by atoms with Crippen LogP contribution in [0, 0.1) is 0 Å². The fourth-order valence-corrected chi connectivity index (χ4v) is 2.03. The molecule has 0 aliphatic carbocycles. The number of H-pyrrole nitrogens is 2. The number of nitrogens with zero attached hydrogens (tertiary/aromatic N) is 1. The Hall–Kier alpha value is -2.76. The van der Waals surface area contributed by atoms with Gasteiger partial charge in [-0.05, 0) is 29.8 Å². The van der Waals surface area contributed by atoms with Gasteiger partial charge in [-0.3, -0.25) is 5.10 Å². The number of methoxy groups -OCH3 is 1. The molecule has 0 fully saturated rings. The number of esters is 1. The third-order valence-corrected chi connectivity index (χ3v) is 3.08. The minimum atomic E-state index is -0.365. The van der Waals surface area contributed by atoms with Gasteiger partial charge in [-0.25, -0.2) is 4.79 Å². The highest BCUT2D eigenvalue weighted by Crippen LogP contribution is 2.17. The van der Waals surface area contributed by atoms with E-state index < -0.39 is 0 Å². The van der Waals surface area contributed by atoms with Crippen molar-refractivity contribution < 1.29 is 9.53 Å². The molecule has 0 saturated carbocycles. The summed E-state index contributed by atoms with van der Waals surface area (Å²) in [6, 6.07) is 7.75. The predicted octanol–water partition coefficient (Wildman–Crippen LogP) is 2.29. The van der Waals surface area contributed by atoms with E-state index in [-0.39, 0.29) is 5.97 Å². The lowest BCUT2D eigenvalue weighted by molar-refractivity contribution is 0.0595. The van der Waals surface area contributed by atoms with Crippen LogP contribution in [-0.2, 0) is 11.3 Å². The smallest absolute Gasteiger partial charge is 0.354 e. The summed E-state index contributed by atoms with van der Waals surface area (Å²) in [5.74, 6) is -0.365. The normalized spacial score (nSPS) is 10.7. The zero-order valence-corrected chi connectivity index (χ0v) is 10.9. The first-order valence-electron chi connectivity index (χ1n) is 6.19. The summed E-state index contributed by atoms with van der Waals surface area (Å²) in [5, 5.41) is 11.2. The molecule has 0 saturated heterocycles. The van der Waals surface area contributed by atoms with Gasteiger partial charge in [0.25, 0.3) is 0 Å². The minimum absolute atomic E-state index is 0.365. The van der Waals surface area contributed by atoms with Gasteiger partial charge >= 0.3 is 5.97 Å². The van der Waals surface area contributed by atoms with Crippen LogP contribution in [0.5, 0.6) is 0 Å². The number of hydrogen-bond acceptors (Lipinski definition) is 4. The molecule has 2 heterocycles. The fourth-order valence-electron chi connectivity index (χ4n) is 2.03. The van der Waals surface area contributed by atoms with Gasteiger partial charge in [-0.15, -0.1) is 0 Å². The summed E-state index contributed by atoms with van der Waals surface area (Å²) >= 11 is 0. The van der Waals surface area contributed by atoms with Crippen LogP contribution in [0.15, 0.2) is 36.7 Å². The lowest BCUT2D eigenvalue weighted by Gasteiger charge is -2.04. The molecular weight excluding hydrogens is 256 g/mol. The molecule has 3 aromatic rings. The lowest BCUT2D eigenvalue weighted by atomic mass is 10.2. The standard InChI is InChI=1S/C14H14N4O2/c1-20-14(19)13-4-9(7-16-13)6-15-11-2-3-12-10(5-11)8-17-18-12/h2-5,7-8,15-16H,6H2,1H3,(H,17,18). The van der Waals surface area contributed by atoms with Crippen LogP contribution in [0.2, 0.25) is 0 Å². The molecule has 6 heteroatoms. The number of rotatable bonds is 4. The molecule has 3 rings (SSSR count). The van der Waals surface area contributed by atoms with Crippen LogP contribution in [0.1, 0.15) is 16.1 Å². The second kappa shape index (κ2) is 5.08. The number of benzene rings is 1. The van der Waals surface area contributed by atoms with E-state index in [1.54, 1.807) is 18.5 Å². The Morgan fingerprint density at radius 3 is 3.15 bits per heavy atom. The molecule has 3 N–H and O–H groups in total. The van der Waals surface area contributed by atoms with Gasteiger partial charge in [0, 0.05) is 23.8 Å². The zero-order chi connectivity index (χ0) is 13.9. The minimum Gasteiger partial charge on any atom is -0.464 e. The molecule has 1 aromatic carbocycles. The largest absolute Gasteiger partial charge is 0.464 e. The zero-order valence-electron chi connectivity index (χ0n) is 10.9. The van der Waals surface area contributed by atoms with Gasteiger partial charge in [-0.2, -0.15) is 5.10 Å². The third kappa shape index (κ3) is 2.35. The van der Waals surface area contributed by atoms with Crippen LogP contribution < -0.4 is 5.32 Å². The maximum absolute atomic E-state index is 11.3. The number of ether oxygens (including phenoxy) is 1. The number of fused-ring (bicyclic) bond motifs is 1. The average Bonchev–Trinajstić information content (AvgIpc) is 3.12. The Kier molecular flexibility index (Phi) is 3.12. The number of hydrogen-bond donors (Lipinski definition) is 3. The van der Waals surface area contributed by atoms with Gasteiger partial charge in [0.15, 0.2) is 0 Å². The molecule has 0 atom stereocenters. The van der Waals surface area contributed by atoms with Crippen molar-refractivity contribution in [1.29, 1.82) is 0 Å². The summed E-state index contributed by atoms with van der Waals surface area (Å²) in [5.41, 5.74) is 3.44. The van der Waals surface area contributed by atoms with E-state index in [1.807, 2.05) is 18.2 Å². The summed E-state index contributed by atoms with van der Waals surface area (Å²) < 4.78 is 4.65. The summed E-state index contributed by atoms with van der Waals surface area (Å²) in [4.78, 5) is 14.2. The van der Waals surface area contributed by atoms with Gasteiger partial charge in [0.2, 0.25) is 0 Å². The molecule has 0 aliphatic heterocycles.